The molecule has 0 spiro atoms. The molecule has 0 amide bonds. The van der Waals surface area contributed by atoms with Crippen molar-refractivity contribution in [3.63, 3.8) is 0 Å². The van der Waals surface area contributed by atoms with Crippen LogP contribution in [-0.4, -0.2) is 15.8 Å². The smallest absolute Gasteiger partial charge is 0.151 e. The number of benzene rings is 1. The molecule has 1 aromatic carbocycles. The molecule has 16 heavy (non-hydrogen) atoms. The highest BCUT2D eigenvalue weighted by molar-refractivity contribution is 5.45. The summed E-state index contributed by atoms with van der Waals surface area (Å²) in [5, 5.41) is 7.86. The molecule has 0 radical (unpaired) electrons. The van der Waals surface area contributed by atoms with Gasteiger partial charge in [0.15, 0.2) is 5.82 Å². The highest BCUT2D eigenvalue weighted by Gasteiger charge is 2.06. The molecular formula is C13H17N3. The van der Waals surface area contributed by atoms with E-state index >= 15 is 0 Å². The second kappa shape index (κ2) is 4.39. The van der Waals surface area contributed by atoms with Crippen molar-refractivity contribution in [2.24, 2.45) is 0 Å². The Kier molecular flexibility index (Phi) is 2.95. The average Bonchev–Trinajstić information content (AvgIpc) is 2.61. The van der Waals surface area contributed by atoms with Crippen molar-refractivity contribution in [3.8, 4) is 5.69 Å². The van der Waals surface area contributed by atoms with E-state index in [0.29, 0.717) is 6.04 Å². The first-order valence-electron chi connectivity index (χ1n) is 5.55. The highest BCUT2D eigenvalue weighted by Crippen LogP contribution is 2.16. The van der Waals surface area contributed by atoms with Crippen LogP contribution in [0.4, 0.5) is 5.82 Å². The van der Waals surface area contributed by atoms with Crippen LogP contribution in [0.1, 0.15) is 19.4 Å². The van der Waals surface area contributed by atoms with Gasteiger partial charge in [-0.2, -0.15) is 5.10 Å². The van der Waals surface area contributed by atoms with Crippen LogP contribution < -0.4 is 5.32 Å². The Bertz CT molecular complexity index is 457. The van der Waals surface area contributed by atoms with Gasteiger partial charge >= 0.3 is 0 Å². The summed E-state index contributed by atoms with van der Waals surface area (Å²) >= 11 is 0. The Morgan fingerprint density at radius 2 is 1.88 bits per heavy atom. The lowest BCUT2D eigenvalue weighted by molar-refractivity contribution is 0.846. The Labute approximate surface area is 96.1 Å². The predicted molar refractivity (Wildman–Crippen MR) is 67.1 cm³/mol. The molecule has 0 saturated carbocycles. The van der Waals surface area contributed by atoms with Crippen LogP contribution >= 0.6 is 0 Å². The van der Waals surface area contributed by atoms with Crippen LogP contribution in [0.3, 0.4) is 0 Å². The molecule has 1 N–H and O–H groups in total. The number of aromatic nitrogens is 2. The second-order valence-corrected chi connectivity index (χ2v) is 4.24. The van der Waals surface area contributed by atoms with Crippen molar-refractivity contribution >= 4 is 5.82 Å². The monoisotopic (exact) mass is 215 g/mol. The van der Waals surface area contributed by atoms with Gasteiger partial charge in [0.05, 0.1) is 5.69 Å². The SMILES string of the molecule is Cc1cn(-c2ccccc2)nc1NC(C)C. The fraction of sp³-hybridized carbons (Fsp3) is 0.308. The zero-order valence-corrected chi connectivity index (χ0v) is 9.94. The minimum Gasteiger partial charge on any atom is -0.366 e. The van der Waals surface area contributed by atoms with Crippen LogP contribution in [0.25, 0.3) is 5.69 Å². The van der Waals surface area contributed by atoms with E-state index in [1.54, 1.807) is 0 Å². The van der Waals surface area contributed by atoms with Crippen molar-refractivity contribution in [1.29, 1.82) is 0 Å². The zero-order valence-electron chi connectivity index (χ0n) is 9.94. The van der Waals surface area contributed by atoms with E-state index in [2.05, 4.69) is 31.2 Å². The number of nitrogens with one attached hydrogen (secondary N) is 1. The molecule has 0 aliphatic heterocycles. The van der Waals surface area contributed by atoms with Crippen molar-refractivity contribution in [3.05, 3.63) is 42.1 Å². The standard InChI is InChI=1S/C13H17N3/c1-10(2)14-13-11(3)9-16(15-13)12-7-5-4-6-8-12/h4-10H,1-3H3,(H,14,15). The van der Waals surface area contributed by atoms with Crippen LogP contribution in [0.5, 0.6) is 0 Å². The number of hydrogen-bond donors (Lipinski definition) is 1. The normalized spacial score (nSPS) is 10.8. The maximum atomic E-state index is 4.53. The quantitative estimate of drug-likeness (QED) is 0.853. The van der Waals surface area contributed by atoms with Crippen LogP contribution in [0.15, 0.2) is 36.5 Å². The zero-order chi connectivity index (χ0) is 11.5. The summed E-state index contributed by atoms with van der Waals surface area (Å²) in [7, 11) is 0. The summed E-state index contributed by atoms with van der Waals surface area (Å²) in [6.45, 7) is 6.29. The summed E-state index contributed by atoms with van der Waals surface area (Å²) in [5.41, 5.74) is 2.25. The Hall–Kier alpha value is -1.77. The number of anilines is 1. The topological polar surface area (TPSA) is 29.9 Å². The van der Waals surface area contributed by atoms with E-state index in [1.807, 2.05) is 41.2 Å². The van der Waals surface area contributed by atoms with Gasteiger partial charge < -0.3 is 5.32 Å². The third kappa shape index (κ3) is 2.24. The van der Waals surface area contributed by atoms with Gasteiger partial charge in [-0.25, -0.2) is 4.68 Å². The minimum atomic E-state index is 0.401. The summed E-state index contributed by atoms with van der Waals surface area (Å²) in [6, 6.07) is 10.5. The molecule has 0 aliphatic rings. The summed E-state index contributed by atoms with van der Waals surface area (Å²) in [5.74, 6) is 0.957. The highest BCUT2D eigenvalue weighted by atomic mass is 15.3. The molecule has 3 heteroatoms. The van der Waals surface area contributed by atoms with Crippen LogP contribution in [0.2, 0.25) is 0 Å². The van der Waals surface area contributed by atoms with Gasteiger partial charge in [0.25, 0.3) is 0 Å². The van der Waals surface area contributed by atoms with E-state index in [1.165, 1.54) is 0 Å². The molecule has 0 bridgehead atoms. The molecule has 0 fully saturated rings. The van der Waals surface area contributed by atoms with Crippen LogP contribution in [0, 0.1) is 6.92 Å². The first-order chi connectivity index (χ1) is 7.66. The molecule has 0 atom stereocenters. The van der Waals surface area contributed by atoms with Gasteiger partial charge in [0.2, 0.25) is 0 Å². The molecule has 0 unspecified atom stereocenters. The molecule has 0 saturated heterocycles. The summed E-state index contributed by atoms with van der Waals surface area (Å²) < 4.78 is 1.90. The van der Waals surface area contributed by atoms with Crippen molar-refractivity contribution in [1.82, 2.24) is 9.78 Å². The van der Waals surface area contributed by atoms with Crippen molar-refractivity contribution in [2.45, 2.75) is 26.8 Å². The van der Waals surface area contributed by atoms with Gasteiger partial charge in [0.1, 0.15) is 0 Å². The van der Waals surface area contributed by atoms with E-state index in [4.69, 9.17) is 0 Å². The van der Waals surface area contributed by atoms with Gasteiger partial charge in [0, 0.05) is 17.8 Å². The number of para-hydroxylation sites is 1. The Morgan fingerprint density at radius 3 is 2.50 bits per heavy atom. The van der Waals surface area contributed by atoms with Crippen LogP contribution in [-0.2, 0) is 0 Å². The lowest BCUT2D eigenvalue weighted by Crippen LogP contribution is -2.11. The van der Waals surface area contributed by atoms with Gasteiger partial charge in [-0.15, -0.1) is 0 Å². The minimum absolute atomic E-state index is 0.401. The number of hydrogen-bond acceptors (Lipinski definition) is 2. The Balaban J connectivity index is 2.31. The second-order valence-electron chi connectivity index (χ2n) is 4.24. The number of nitrogens with zero attached hydrogens (tertiary/aromatic N) is 2. The Morgan fingerprint density at radius 1 is 1.19 bits per heavy atom. The maximum absolute atomic E-state index is 4.53. The van der Waals surface area contributed by atoms with E-state index in [0.717, 1.165) is 17.1 Å². The summed E-state index contributed by atoms with van der Waals surface area (Å²) in [4.78, 5) is 0. The predicted octanol–water partition coefficient (Wildman–Crippen LogP) is 3.00. The fourth-order valence-electron chi connectivity index (χ4n) is 1.59. The average molecular weight is 215 g/mol. The van der Waals surface area contributed by atoms with Gasteiger partial charge in [-0.1, -0.05) is 18.2 Å². The van der Waals surface area contributed by atoms with E-state index in [9.17, 15) is 0 Å². The number of rotatable bonds is 3. The van der Waals surface area contributed by atoms with Crippen molar-refractivity contribution in [2.75, 3.05) is 5.32 Å². The molecule has 3 nitrogen and oxygen atoms in total. The molecule has 1 aromatic heterocycles. The lowest BCUT2D eigenvalue weighted by Gasteiger charge is -2.06. The van der Waals surface area contributed by atoms with Gasteiger partial charge in [-0.3, -0.25) is 0 Å². The maximum Gasteiger partial charge on any atom is 0.151 e. The molecule has 1 heterocycles. The van der Waals surface area contributed by atoms with E-state index < -0.39 is 0 Å². The largest absolute Gasteiger partial charge is 0.366 e. The van der Waals surface area contributed by atoms with Crippen molar-refractivity contribution < 1.29 is 0 Å². The first-order valence-corrected chi connectivity index (χ1v) is 5.55. The fourth-order valence-corrected chi connectivity index (χ4v) is 1.59. The van der Waals surface area contributed by atoms with E-state index in [-0.39, 0.29) is 0 Å². The lowest BCUT2D eigenvalue weighted by atomic mass is 10.3. The third-order valence-corrected chi connectivity index (χ3v) is 2.34. The molecule has 2 rings (SSSR count). The summed E-state index contributed by atoms with van der Waals surface area (Å²) in [6.07, 6.45) is 2.04. The molecule has 84 valence electrons. The third-order valence-electron chi connectivity index (χ3n) is 2.34. The van der Waals surface area contributed by atoms with Gasteiger partial charge in [-0.05, 0) is 32.9 Å². The first kappa shape index (κ1) is 10.7. The molecular weight excluding hydrogens is 198 g/mol. The molecule has 0 aliphatic carbocycles. The number of aryl methyl sites for hydroxylation is 1. The molecule has 2 aromatic rings.